The molecule has 0 bridgehead atoms. The van der Waals surface area contributed by atoms with Crippen LogP contribution >= 0.6 is 11.8 Å². The van der Waals surface area contributed by atoms with E-state index in [1.54, 1.807) is 10.5 Å². The molecule has 0 radical (unpaired) electrons. The van der Waals surface area contributed by atoms with Gasteiger partial charge in [-0.15, -0.1) is 0 Å². The first kappa shape index (κ1) is 16.9. The van der Waals surface area contributed by atoms with Crippen LogP contribution in [0.2, 0.25) is 0 Å². The molecule has 1 atom stereocenters. The van der Waals surface area contributed by atoms with E-state index in [4.69, 9.17) is 0 Å². The Balaban J connectivity index is 2.28. The van der Waals surface area contributed by atoms with Crippen LogP contribution in [0.3, 0.4) is 0 Å². The maximum atomic E-state index is 12.8. The fourth-order valence-corrected chi connectivity index (χ4v) is 5.42. The minimum atomic E-state index is -3.36. The Morgan fingerprint density at radius 3 is 2.86 bits per heavy atom. The summed E-state index contributed by atoms with van der Waals surface area (Å²) in [7, 11) is -1.49. The third-order valence-corrected chi connectivity index (χ3v) is 6.59. The van der Waals surface area contributed by atoms with E-state index in [0.29, 0.717) is 29.8 Å². The van der Waals surface area contributed by atoms with Crippen molar-refractivity contribution >= 4 is 21.8 Å². The molecule has 5 nitrogen and oxygen atoms in total. The fourth-order valence-electron chi connectivity index (χ4n) is 2.60. The quantitative estimate of drug-likeness (QED) is 0.863. The number of sulfonamides is 1. The minimum absolute atomic E-state index is 0.364. The molecule has 1 aliphatic rings. The van der Waals surface area contributed by atoms with E-state index >= 15 is 0 Å². The smallest absolute Gasteiger partial charge is 0.244 e. The van der Waals surface area contributed by atoms with Crippen molar-refractivity contribution in [2.45, 2.75) is 43.5 Å². The van der Waals surface area contributed by atoms with Crippen molar-refractivity contribution in [3.05, 3.63) is 18.0 Å². The molecular formula is C14H25N3O2S2. The van der Waals surface area contributed by atoms with Gasteiger partial charge in [0.25, 0.3) is 0 Å². The Kier molecular flexibility index (Phi) is 5.76. The molecule has 2 heterocycles. The monoisotopic (exact) mass is 331 g/mol. The van der Waals surface area contributed by atoms with Crippen molar-refractivity contribution in [1.82, 2.24) is 14.2 Å². The fraction of sp³-hybridized carbons (Fsp3) is 0.714. The summed E-state index contributed by atoms with van der Waals surface area (Å²) in [6.07, 6.45) is 2.78. The molecule has 2 rings (SSSR count). The van der Waals surface area contributed by atoms with Crippen LogP contribution in [0.5, 0.6) is 0 Å². The molecule has 0 aromatic carbocycles. The summed E-state index contributed by atoms with van der Waals surface area (Å²) in [6.45, 7) is 6.92. The van der Waals surface area contributed by atoms with Crippen molar-refractivity contribution in [3.63, 3.8) is 0 Å². The van der Waals surface area contributed by atoms with Crippen LogP contribution in [-0.4, -0.2) is 48.4 Å². The molecule has 1 aliphatic heterocycles. The summed E-state index contributed by atoms with van der Waals surface area (Å²) in [4.78, 5) is 0.431. The summed E-state index contributed by atoms with van der Waals surface area (Å²) in [6, 6.07) is 1.81. The second-order valence-corrected chi connectivity index (χ2v) is 8.92. The number of rotatable bonds is 6. The Hall–Kier alpha value is -0.500. The lowest BCUT2D eigenvalue weighted by atomic mass is 10.4. The number of nitrogens with one attached hydrogen (secondary N) is 1. The lowest BCUT2D eigenvalue weighted by Gasteiger charge is -2.29. The minimum Gasteiger partial charge on any atom is -0.349 e. The van der Waals surface area contributed by atoms with Crippen molar-refractivity contribution in [2.75, 3.05) is 25.9 Å². The predicted octanol–water partition coefficient (Wildman–Crippen LogP) is 1.74. The van der Waals surface area contributed by atoms with Crippen molar-refractivity contribution in [3.8, 4) is 0 Å². The van der Waals surface area contributed by atoms with Crippen LogP contribution in [0.4, 0.5) is 0 Å². The number of nitrogens with zero attached hydrogens (tertiary/aromatic N) is 2. The van der Waals surface area contributed by atoms with Gasteiger partial charge in [-0.25, -0.2) is 8.42 Å². The Morgan fingerprint density at radius 2 is 2.24 bits per heavy atom. The summed E-state index contributed by atoms with van der Waals surface area (Å²) in [5.74, 6) is 0.874. The number of hydrogen-bond acceptors (Lipinski definition) is 4. The van der Waals surface area contributed by atoms with Gasteiger partial charge in [0, 0.05) is 49.1 Å². The maximum Gasteiger partial charge on any atom is 0.244 e. The van der Waals surface area contributed by atoms with Gasteiger partial charge in [-0.1, -0.05) is 13.8 Å². The van der Waals surface area contributed by atoms with E-state index in [-0.39, 0.29) is 0 Å². The van der Waals surface area contributed by atoms with E-state index in [2.05, 4.69) is 19.2 Å². The average Bonchev–Trinajstić information content (AvgIpc) is 2.84. The third kappa shape index (κ3) is 3.83. The Bertz CT molecular complexity index is 545. The molecule has 0 spiro atoms. The third-order valence-electron chi connectivity index (χ3n) is 3.62. The highest BCUT2D eigenvalue weighted by molar-refractivity contribution is 8.00. The summed E-state index contributed by atoms with van der Waals surface area (Å²) >= 11 is 1.84. The van der Waals surface area contributed by atoms with Gasteiger partial charge in [-0.2, -0.15) is 16.1 Å². The molecule has 0 saturated carbocycles. The standard InChI is InChI=1S/C14H25N3O2S2/c1-4-5-16-11-14(8-13(16)9-15-3)21(18,19)17-6-7-20-12(2)10-17/h8,11-12,15H,4-7,9-10H2,1-3H3. The number of hydrogen-bond donors (Lipinski definition) is 1. The van der Waals surface area contributed by atoms with Gasteiger partial charge in [0.15, 0.2) is 0 Å². The second kappa shape index (κ2) is 7.17. The van der Waals surface area contributed by atoms with Crippen LogP contribution < -0.4 is 5.32 Å². The van der Waals surface area contributed by atoms with Crippen LogP contribution in [0.1, 0.15) is 26.0 Å². The zero-order chi connectivity index (χ0) is 15.5. The SMILES string of the molecule is CCCn1cc(S(=O)(=O)N2CCSC(C)C2)cc1CNC. The predicted molar refractivity (Wildman–Crippen MR) is 88.2 cm³/mol. The average molecular weight is 332 g/mol. The van der Waals surface area contributed by atoms with E-state index < -0.39 is 10.0 Å². The topological polar surface area (TPSA) is 54.3 Å². The van der Waals surface area contributed by atoms with Crippen molar-refractivity contribution in [2.24, 2.45) is 0 Å². The lowest BCUT2D eigenvalue weighted by molar-refractivity contribution is 0.424. The van der Waals surface area contributed by atoms with Crippen LogP contribution in [-0.2, 0) is 23.1 Å². The number of aryl methyl sites for hydroxylation is 1. The molecule has 0 amide bonds. The zero-order valence-corrected chi connectivity index (χ0v) is 14.6. The molecule has 1 aromatic heterocycles. The molecular weight excluding hydrogens is 306 g/mol. The Morgan fingerprint density at radius 1 is 1.48 bits per heavy atom. The number of thioether (sulfide) groups is 1. The molecule has 21 heavy (non-hydrogen) atoms. The maximum absolute atomic E-state index is 12.8. The van der Waals surface area contributed by atoms with Gasteiger partial charge in [-0.05, 0) is 19.5 Å². The molecule has 1 aromatic rings. The van der Waals surface area contributed by atoms with Crippen molar-refractivity contribution in [1.29, 1.82) is 0 Å². The van der Waals surface area contributed by atoms with Gasteiger partial charge >= 0.3 is 0 Å². The second-order valence-electron chi connectivity index (χ2n) is 5.44. The molecule has 1 fully saturated rings. The van der Waals surface area contributed by atoms with Gasteiger partial charge in [0.1, 0.15) is 4.90 Å². The zero-order valence-electron chi connectivity index (χ0n) is 13.0. The summed E-state index contributed by atoms with van der Waals surface area (Å²) in [5.41, 5.74) is 1.03. The van der Waals surface area contributed by atoms with Crippen molar-refractivity contribution < 1.29 is 8.42 Å². The normalized spacial score (nSPS) is 20.8. The molecule has 7 heteroatoms. The first-order chi connectivity index (χ1) is 9.98. The summed E-state index contributed by atoms with van der Waals surface area (Å²) in [5, 5.41) is 3.47. The van der Waals surface area contributed by atoms with E-state index in [0.717, 1.165) is 24.4 Å². The highest BCUT2D eigenvalue weighted by Gasteiger charge is 2.30. The first-order valence-corrected chi connectivity index (χ1v) is 9.93. The van der Waals surface area contributed by atoms with Gasteiger partial charge in [-0.3, -0.25) is 0 Å². The molecule has 120 valence electrons. The van der Waals surface area contributed by atoms with E-state index in [9.17, 15) is 8.42 Å². The summed E-state index contributed by atoms with van der Waals surface area (Å²) < 4.78 is 29.3. The molecule has 1 unspecified atom stereocenters. The van der Waals surface area contributed by atoms with Gasteiger partial charge in [0.2, 0.25) is 10.0 Å². The largest absolute Gasteiger partial charge is 0.349 e. The Labute approximate surface area is 132 Å². The lowest BCUT2D eigenvalue weighted by Crippen LogP contribution is -2.40. The van der Waals surface area contributed by atoms with Crippen LogP contribution in [0.15, 0.2) is 17.2 Å². The van der Waals surface area contributed by atoms with Crippen LogP contribution in [0, 0.1) is 0 Å². The number of aromatic nitrogens is 1. The van der Waals surface area contributed by atoms with E-state index in [1.807, 2.05) is 29.4 Å². The molecule has 1 N–H and O–H groups in total. The first-order valence-electron chi connectivity index (χ1n) is 7.44. The highest BCUT2D eigenvalue weighted by Crippen LogP contribution is 2.25. The van der Waals surface area contributed by atoms with Gasteiger partial charge in [0.05, 0.1) is 0 Å². The molecule has 1 saturated heterocycles. The van der Waals surface area contributed by atoms with Gasteiger partial charge < -0.3 is 9.88 Å². The van der Waals surface area contributed by atoms with Crippen LogP contribution in [0.25, 0.3) is 0 Å². The highest BCUT2D eigenvalue weighted by atomic mass is 32.2. The molecule has 0 aliphatic carbocycles. The van der Waals surface area contributed by atoms with E-state index in [1.165, 1.54) is 0 Å².